The van der Waals surface area contributed by atoms with Crippen molar-refractivity contribution >= 4 is 5.95 Å². The number of hydrogen-bond acceptors (Lipinski definition) is 5. The van der Waals surface area contributed by atoms with E-state index in [0.717, 1.165) is 43.1 Å². The number of hydrogen-bond donors (Lipinski definition) is 1. The third-order valence-corrected chi connectivity index (χ3v) is 4.13. The first-order valence-electron chi connectivity index (χ1n) is 7.56. The van der Waals surface area contributed by atoms with E-state index in [1.807, 2.05) is 6.20 Å². The average Bonchev–Trinajstić information content (AvgIpc) is 3.22. The smallest absolute Gasteiger partial charge is 0.245 e. The van der Waals surface area contributed by atoms with Crippen LogP contribution in [0.25, 0.3) is 0 Å². The Hall–Kier alpha value is -2.77. The van der Waals surface area contributed by atoms with Crippen LogP contribution in [-0.4, -0.2) is 36.9 Å². The minimum absolute atomic E-state index is 0.222. The molecule has 8 heteroatoms. The van der Waals surface area contributed by atoms with Crippen LogP contribution >= 0.6 is 0 Å². The summed E-state index contributed by atoms with van der Waals surface area (Å²) >= 11 is 0. The Morgan fingerprint density at radius 3 is 2.96 bits per heavy atom. The number of fused-ring (bicyclic) bond motifs is 1. The topological polar surface area (TPSA) is 75.5 Å². The van der Waals surface area contributed by atoms with E-state index < -0.39 is 0 Å². The zero-order valence-corrected chi connectivity index (χ0v) is 12.5. The summed E-state index contributed by atoms with van der Waals surface area (Å²) in [5, 5.41) is 19.2. The third-order valence-electron chi connectivity index (χ3n) is 4.13. The first-order chi connectivity index (χ1) is 11.3. The number of tetrazole rings is 1. The molecule has 3 aromatic rings. The number of aromatic nitrogens is 6. The Kier molecular flexibility index (Phi) is 3.49. The van der Waals surface area contributed by atoms with E-state index in [0.29, 0.717) is 6.54 Å². The SMILES string of the molecule is Fc1ccc(CCn2nnnc2N2CCc3cn[nH]c3C2)cc1. The van der Waals surface area contributed by atoms with Gasteiger partial charge in [0, 0.05) is 6.54 Å². The Morgan fingerprint density at radius 1 is 1.22 bits per heavy atom. The van der Waals surface area contributed by atoms with Crippen molar-refractivity contribution in [2.24, 2.45) is 0 Å². The second-order valence-electron chi connectivity index (χ2n) is 5.62. The van der Waals surface area contributed by atoms with Crippen LogP contribution in [0.1, 0.15) is 16.8 Å². The van der Waals surface area contributed by atoms with Crippen molar-refractivity contribution in [3.05, 3.63) is 53.1 Å². The van der Waals surface area contributed by atoms with Crippen molar-refractivity contribution in [1.29, 1.82) is 0 Å². The number of nitrogens with one attached hydrogen (secondary N) is 1. The van der Waals surface area contributed by atoms with Crippen LogP contribution in [0, 0.1) is 5.82 Å². The lowest BCUT2D eigenvalue weighted by Crippen LogP contribution is -2.32. The van der Waals surface area contributed by atoms with Gasteiger partial charge in [-0.15, -0.1) is 0 Å². The number of rotatable bonds is 4. The van der Waals surface area contributed by atoms with Gasteiger partial charge in [0.1, 0.15) is 5.82 Å². The van der Waals surface area contributed by atoms with Gasteiger partial charge in [0.05, 0.1) is 25.0 Å². The Morgan fingerprint density at radius 2 is 2.09 bits per heavy atom. The van der Waals surface area contributed by atoms with Gasteiger partial charge in [-0.2, -0.15) is 5.10 Å². The number of benzene rings is 1. The molecule has 0 amide bonds. The standard InChI is InChI=1S/C15H16FN7/c16-13-3-1-11(2-4-13)5-8-23-15(19-20-21-23)22-7-6-12-9-17-18-14(12)10-22/h1-4,9H,5-8,10H2,(H,17,18). The largest absolute Gasteiger partial charge is 0.333 e. The summed E-state index contributed by atoms with van der Waals surface area (Å²) in [6.07, 6.45) is 3.56. The number of anilines is 1. The summed E-state index contributed by atoms with van der Waals surface area (Å²) in [6, 6.07) is 6.52. The number of H-pyrrole nitrogens is 1. The number of halogens is 1. The molecule has 0 fully saturated rings. The van der Waals surface area contributed by atoms with Crippen molar-refractivity contribution in [3.8, 4) is 0 Å². The minimum Gasteiger partial charge on any atom is -0.333 e. The maximum Gasteiger partial charge on any atom is 0.245 e. The van der Waals surface area contributed by atoms with Gasteiger partial charge in [-0.25, -0.2) is 9.07 Å². The molecule has 1 aliphatic rings. The molecule has 0 bridgehead atoms. The molecular weight excluding hydrogens is 297 g/mol. The quantitative estimate of drug-likeness (QED) is 0.787. The average molecular weight is 313 g/mol. The zero-order valence-electron chi connectivity index (χ0n) is 12.5. The van der Waals surface area contributed by atoms with Gasteiger partial charge >= 0.3 is 0 Å². The highest BCUT2D eigenvalue weighted by Crippen LogP contribution is 2.20. The molecule has 0 spiro atoms. The highest BCUT2D eigenvalue weighted by atomic mass is 19.1. The predicted octanol–water partition coefficient (Wildman–Crippen LogP) is 1.34. The fourth-order valence-electron chi connectivity index (χ4n) is 2.84. The van der Waals surface area contributed by atoms with Crippen molar-refractivity contribution in [1.82, 2.24) is 30.4 Å². The number of nitrogens with zero attached hydrogens (tertiary/aromatic N) is 6. The number of aromatic amines is 1. The van der Waals surface area contributed by atoms with Gasteiger partial charge in [0.25, 0.3) is 0 Å². The van der Waals surface area contributed by atoms with E-state index in [9.17, 15) is 4.39 Å². The van der Waals surface area contributed by atoms with Gasteiger partial charge < -0.3 is 4.90 Å². The van der Waals surface area contributed by atoms with Crippen LogP contribution in [0.2, 0.25) is 0 Å². The van der Waals surface area contributed by atoms with Gasteiger partial charge in [0.15, 0.2) is 0 Å². The van der Waals surface area contributed by atoms with Gasteiger partial charge in [-0.05, 0) is 46.5 Å². The fraction of sp³-hybridized carbons (Fsp3) is 0.333. The zero-order chi connectivity index (χ0) is 15.6. The first-order valence-corrected chi connectivity index (χ1v) is 7.56. The van der Waals surface area contributed by atoms with E-state index in [1.54, 1.807) is 16.8 Å². The molecule has 1 N–H and O–H groups in total. The molecule has 0 saturated carbocycles. The number of aryl methyl sites for hydroxylation is 2. The molecule has 1 aromatic carbocycles. The van der Waals surface area contributed by atoms with Crippen LogP contribution in [0.5, 0.6) is 0 Å². The normalized spacial score (nSPS) is 14.0. The summed E-state index contributed by atoms with van der Waals surface area (Å²) in [5.74, 6) is 0.535. The van der Waals surface area contributed by atoms with Gasteiger partial charge in [-0.3, -0.25) is 5.10 Å². The molecule has 118 valence electrons. The molecule has 3 heterocycles. The molecule has 0 atom stereocenters. The maximum absolute atomic E-state index is 12.9. The second kappa shape index (κ2) is 5.79. The molecule has 23 heavy (non-hydrogen) atoms. The highest BCUT2D eigenvalue weighted by molar-refractivity contribution is 5.35. The van der Waals surface area contributed by atoms with Crippen LogP contribution < -0.4 is 4.90 Å². The molecule has 0 saturated heterocycles. The molecule has 0 unspecified atom stereocenters. The van der Waals surface area contributed by atoms with Crippen molar-refractivity contribution in [2.45, 2.75) is 25.9 Å². The van der Waals surface area contributed by atoms with E-state index in [1.165, 1.54) is 17.7 Å². The van der Waals surface area contributed by atoms with Crippen molar-refractivity contribution < 1.29 is 4.39 Å². The molecule has 7 nitrogen and oxygen atoms in total. The predicted molar refractivity (Wildman–Crippen MR) is 81.3 cm³/mol. The lowest BCUT2D eigenvalue weighted by Gasteiger charge is -2.26. The van der Waals surface area contributed by atoms with Crippen molar-refractivity contribution in [3.63, 3.8) is 0 Å². The van der Waals surface area contributed by atoms with Crippen molar-refractivity contribution in [2.75, 3.05) is 11.4 Å². The second-order valence-corrected chi connectivity index (χ2v) is 5.62. The molecule has 4 rings (SSSR count). The van der Waals surface area contributed by atoms with E-state index >= 15 is 0 Å². The first kappa shape index (κ1) is 13.9. The summed E-state index contributed by atoms with van der Waals surface area (Å²) in [7, 11) is 0. The van der Waals surface area contributed by atoms with Crippen LogP contribution in [0.15, 0.2) is 30.5 Å². The molecule has 0 radical (unpaired) electrons. The van der Waals surface area contributed by atoms with Gasteiger partial charge in [0.2, 0.25) is 5.95 Å². The lowest BCUT2D eigenvalue weighted by molar-refractivity contribution is 0.568. The monoisotopic (exact) mass is 313 g/mol. The van der Waals surface area contributed by atoms with E-state index in [4.69, 9.17) is 0 Å². The maximum atomic E-state index is 12.9. The molecule has 1 aliphatic heterocycles. The Balaban J connectivity index is 1.47. The van der Waals surface area contributed by atoms with Crippen LogP contribution in [0.3, 0.4) is 0 Å². The minimum atomic E-state index is -0.222. The van der Waals surface area contributed by atoms with Gasteiger partial charge in [-0.1, -0.05) is 17.2 Å². The summed E-state index contributed by atoms with van der Waals surface area (Å²) in [5.41, 5.74) is 3.43. The van der Waals surface area contributed by atoms with Crippen LogP contribution in [-0.2, 0) is 25.9 Å². The Labute approximate surface area is 132 Å². The fourth-order valence-corrected chi connectivity index (χ4v) is 2.84. The summed E-state index contributed by atoms with van der Waals surface area (Å²) < 4.78 is 14.7. The highest BCUT2D eigenvalue weighted by Gasteiger charge is 2.22. The molecule has 2 aromatic heterocycles. The van der Waals surface area contributed by atoms with E-state index in [-0.39, 0.29) is 5.82 Å². The van der Waals surface area contributed by atoms with E-state index in [2.05, 4.69) is 30.6 Å². The Bertz CT molecular complexity index is 792. The summed E-state index contributed by atoms with van der Waals surface area (Å²) in [6.45, 7) is 2.25. The molecular formula is C15H16FN7. The van der Waals surface area contributed by atoms with Crippen LogP contribution in [0.4, 0.5) is 10.3 Å². The third kappa shape index (κ3) is 2.79. The summed E-state index contributed by atoms with van der Waals surface area (Å²) in [4.78, 5) is 2.14. The molecule has 0 aliphatic carbocycles. The lowest BCUT2D eigenvalue weighted by atomic mass is 10.1.